The largest absolute Gasteiger partial charge is 0.493 e. The Morgan fingerprint density at radius 2 is 1.76 bits per heavy atom. The molecule has 1 aromatic heterocycles. The molecule has 0 aliphatic carbocycles. The number of nitrogens with one attached hydrogen (secondary N) is 2. The summed E-state index contributed by atoms with van der Waals surface area (Å²) < 4.78 is 32.5. The van der Waals surface area contributed by atoms with Gasteiger partial charge in [-0.05, 0) is 93.6 Å². The van der Waals surface area contributed by atoms with Crippen LogP contribution in [0.3, 0.4) is 0 Å². The van der Waals surface area contributed by atoms with E-state index in [1.54, 1.807) is 25.3 Å². The second-order valence-corrected chi connectivity index (χ2v) is 11.5. The van der Waals surface area contributed by atoms with Gasteiger partial charge in [0.05, 0.1) is 13.7 Å². The number of methoxy groups -OCH3 is 1. The lowest BCUT2D eigenvalue weighted by Gasteiger charge is -2.16. The van der Waals surface area contributed by atoms with Crippen molar-refractivity contribution in [2.24, 2.45) is 0 Å². The Balaban J connectivity index is 1.36. The molecule has 2 N–H and O–H groups in total. The zero-order valence-corrected chi connectivity index (χ0v) is 27.0. The van der Waals surface area contributed by atoms with Gasteiger partial charge in [-0.1, -0.05) is 37.6 Å². The van der Waals surface area contributed by atoms with Crippen molar-refractivity contribution < 1.29 is 23.4 Å². The monoisotopic (exact) mass is 627 g/mol. The normalized spacial score (nSPS) is 13.0. The third-order valence-corrected chi connectivity index (χ3v) is 7.95. The number of aromatic nitrogens is 2. The van der Waals surface area contributed by atoms with Gasteiger partial charge < -0.3 is 29.7 Å². The molecule has 3 aromatic carbocycles. The molecule has 1 amide bonds. The van der Waals surface area contributed by atoms with E-state index in [0.29, 0.717) is 29.5 Å². The number of rotatable bonds is 14. The summed E-state index contributed by atoms with van der Waals surface area (Å²) in [5.74, 6) is 0.305. The van der Waals surface area contributed by atoms with Crippen LogP contribution >= 0.6 is 0 Å². The Morgan fingerprint density at radius 1 is 1.00 bits per heavy atom. The van der Waals surface area contributed by atoms with Gasteiger partial charge in [-0.15, -0.1) is 0 Å². The number of halogens is 1. The van der Waals surface area contributed by atoms with E-state index in [1.165, 1.54) is 25.1 Å². The van der Waals surface area contributed by atoms with Crippen LogP contribution in [0.15, 0.2) is 60.8 Å². The van der Waals surface area contributed by atoms with Crippen molar-refractivity contribution >= 4 is 23.2 Å². The van der Waals surface area contributed by atoms with Gasteiger partial charge in [0, 0.05) is 30.2 Å². The highest BCUT2D eigenvalue weighted by atomic mass is 19.1. The predicted octanol–water partition coefficient (Wildman–Crippen LogP) is 7.85. The summed E-state index contributed by atoms with van der Waals surface area (Å²) in [7, 11) is 1.56. The van der Waals surface area contributed by atoms with Crippen molar-refractivity contribution in [1.29, 1.82) is 0 Å². The number of aryl methyl sites for hydroxylation is 3. The van der Waals surface area contributed by atoms with Crippen LogP contribution in [-0.2, 0) is 6.42 Å². The number of amides is 1. The molecule has 1 aliphatic rings. The number of carbonyl (C=O) groups excluding carboxylic acids is 1. The first-order valence-electron chi connectivity index (χ1n) is 15.9. The van der Waals surface area contributed by atoms with Crippen molar-refractivity contribution in [3.8, 4) is 23.1 Å². The summed E-state index contributed by atoms with van der Waals surface area (Å²) in [6.07, 6.45) is 6.58. The molecule has 0 saturated carbocycles. The number of likely N-dealkylation sites (tertiary alicyclic amines) is 1. The molecule has 0 unspecified atom stereocenters. The summed E-state index contributed by atoms with van der Waals surface area (Å²) in [6, 6.07) is 16.1. The number of nitrogens with zero attached hydrogens (tertiary/aromatic N) is 3. The predicted molar refractivity (Wildman–Crippen MR) is 178 cm³/mol. The van der Waals surface area contributed by atoms with Crippen LogP contribution < -0.4 is 24.8 Å². The molecule has 0 atom stereocenters. The third kappa shape index (κ3) is 8.31. The number of carbonyl (C=O) groups is 1. The van der Waals surface area contributed by atoms with E-state index in [0.717, 1.165) is 55.6 Å². The minimum Gasteiger partial charge on any atom is -0.493 e. The Bertz CT molecular complexity index is 1640. The molecular formula is C36H42FN5O4. The van der Waals surface area contributed by atoms with E-state index in [2.05, 4.69) is 32.4 Å². The SMILES string of the molecule is CCCc1ccc(Oc2nc(Nc3ccc(OCCCN4CCCC4)c(F)c3)ncc2C(=O)Nc2c(C)cccc2C)c(OC)c1. The number of para-hydroxylation sites is 1. The summed E-state index contributed by atoms with van der Waals surface area (Å²) in [4.78, 5) is 24.9. The fourth-order valence-electron chi connectivity index (χ4n) is 5.50. The second kappa shape index (κ2) is 15.5. The molecule has 0 bridgehead atoms. The molecule has 10 heteroatoms. The first kappa shape index (κ1) is 32.7. The molecule has 4 aromatic rings. The molecular weight excluding hydrogens is 585 g/mol. The van der Waals surface area contributed by atoms with Gasteiger partial charge in [-0.25, -0.2) is 9.37 Å². The number of hydrogen-bond donors (Lipinski definition) is 2. The highest BCUT2D eigenvalue weighted by molar-refractivity contribution is 6.06. The first-order chi connectivity index (χ1) is 22.3. The maximum atomic E-state index is 15.0. The van der Waals surface area contributed by atoms with Crippen LogP contribution in [-0.4, -0.2) is 54.1 Å². The molecule has 1 aliphatic heterocycles. The minimum atomic E-state index is -0.496. The van der Waals surface area contributed by atoms with Gasteiger partial charge in [-0.3, -0.25) is 4.79 Å². The van der Waals surface area contributed by atoms with Crippen LogP contribution in [0.5, 0.6) is 23.1 Å². The molecule has 1 saturated heterocycles. The fourth-order valence-corrected chi connectivity index (χ4v) is 5.50. The Hall–Kier alpha value is -4.70. The van der Waals surface area contributed by atoms with Gasteiger partial charge in [-0.2, -0.15) is 4.98 Å². The molecule has 2 heterocycles. The van der Waals surface area contributed by atoms with Crippen molar-refractivity contribution in [3.05, 3.63) is 88.9 Å². The summed E-state index contributed by atoms with van der Waals surface area (Å²) in [5.41, 5.74) is 4.19. The zero-order chi connectivity index (χ0) is 32.5. The lowest BCUT2D eigenvalue weighted by atomic mass is 10.1. The average molecular weight is 628 g/mol. The standard InChI is InChI=1S/C36H42FN5O4/c1-5-10-26-13-15-31(32(21-26)44-4)46-35-28(34(43)40-33-24(2)11-8-12-25(33)3)23-38-36(41-35)39-27-14-16-30(29(37)22-27)45-20-9-19-42-17-6-7-18-42/h8,11-16,21-23H,5-7,9-10,17-20H2,1-4H3,(H,40,43)(H,38,39,41). The van der Waals surface area contributed by atoms with Gasteiger partial charge in [0.2, 0.25) is 11.8 Å². The van der Waals surface area contributed by atoms with Gasteiger partial charge in [0.15, 0.2) is 23.1 Å². The Labute approximate surface area is 270 Å². The maximum absolute atomic E-state index is 15.0. The van der Waals surface area contributed by atoms with Crippen LogP contribution in [0, 0.1) is 19.7 Å². The molecule has 9 nitrogen and oxygen atoms in total. The van der Waals surface area contributed by atoms with Crippen molar-refractivity contribution in [2.75, 3.05) is 44.0 Å². The van der Waals surface area contributed by atoms with E-state index >= 15 is 0 Å². The van der Waals surface area contributed by atoms with Gasteiger partial charge >= 0.3 is 0 Å². The number of benzene rings is 3. The topological polar surface area (TPSA) is 97.8 Å². The van der Waals surface area contributed by atoms with Crippen LogP contribution in [0.2, 0.25) is 0 Å². The van der Waals surface area contributed by atoms with Gasteiger partial charge in [0.25, 0.3) is 5.91 Å². The molecule has 1 fully saturated rings. The molecule has 242 valence electrons. The zero-order valence-electron chi connectivity index (χ0n) is 27.0. The lowest BCUT2D eigenvalue weighted by molar-refractivity contribution is 0.102. The third-order valence-electron chi connectivity index (χ3n) is 7.95. The summed E-state index contributed by atoms with van der Waals surface area (Å²) in [6.45, 7) is 9.61. The number of anilines is 3. The second-order valence-electron chi connectivity index (χ2n) is 11.5. The van der Waals surface area contributed by atoms with Crippen LogP contribution in [0.25, 0.3) is 0 Å². The highest BCUT2D eigenvalue weighted by Gasteiger charge is 2.21. The Kier molecular flexibility index (Phi) is 11.0. The molecule has 0 radical (unpaired) electrons. The van der Waals surface area contributed by atoms with E-state index in [4.69, 9.17) is 14.2 Å². The smallest absolute Gasteiger partial charge is 0.262 e. The van der Waals surface area contributed by atoms with Crippen molar-refractivity contribution in [1.82, 2.24) is 14.9 Å². The average Bonchev–Trinajstić information content (AvgIpc) is 3.57. The van der Waals surface area contributed by atoms with E-state index in [-0.39, 0.29) is 23.1 Å². The highest BCUT2D eigenvalue weighted by Crippen LogP contribution is 2.34. The maximum Gasteiger partial charge on any atom is 0.262 e. The van der Waals surface area contributed by atoms with E-state index < -0.39 is 11.7 Å². The Morgan fingerprint density at radius 3 is 2.48 bits per heavy atom. The van der Waals surface area contributed by atoms with Gasteiger partial charge in [0.1, 0.15) is 5.56 Å². The van der Waals surface area contributed by atoms with Crippen LogP contribution in [0.4, 0.5) is 21.7 Å². The summed E-state index contributed by atoms with van der Waals surface area (Å²) in [5, 5.41) is 6.00. The first-order valence-corrected chi connectivity index (χ1v) is 15.9. The number of ether oxygens (including phenoxy) is 3. The molecule has 5 rings (SSSR count). The summed E-state index contributed by atoms with van der Waals surface area (Å²) >= 11 is 0. The molecule has 0 spiro atoms. The van der Waals surface area contributed by atoms with Crippen molar-refractivity contribution in [2.45, 2.75) is 52.9 Å². The minimum absolute atomic E-state index is 0.0150. The molecule has 46 heavy (non-hydrogen) atoms. The fraction of sp³-hybridized carbons (Fsp3) is 0.361. The van der Waals surface area contributed by atoms with E-state index in [1.807, 2.05) is 44.2 Å². The number of hydrogen-bond acceptors (Lipinski definition) is 8. The van der Waals surface area contributed by atoms with Crippen LogP contribution in [0.1, 0.15) is 59.7 Å². The van der Waals surface area contributed by atoms with E-state index in [9.17, 15) is 9.18 Å². The lowest BCUT2D eigenvalue weighted by Crippen LogP contribution is -2.22. The quantitative estimate of drug-likeness (QED) is 0.137. The van der Waals surface area contributed by atoms with Crippen molar-refractivity contribution in [3.63, 3.8) is 0 Å².